The van der Waals surface area contributed by atoms with Crippen molar-refractivity contribution in [3.8, 4) is 5.75 Å². The zero-order valence-corrected chi connectivity index (χ0v) is 10.1. The van der Waals surface area contributed by atoms with Gasteiger partial charge in [0, 0.05) is 25.3 Å². The average molecular weight is 247 g/mol. The number of fused-ring (bicyclic) bond motifs is 2. The molecule has 1 aliphatic carbocycles. The van der Waals surface area contributed by atoms with E-state index >= 15 is 0 Å². The summed E-state index contributed by atoms with van der Waals surface area (Å²) in [6.45, 7) is 1.46. The summed E-state index contributed by atoms with van der Waals surface area (Å²) in [5, 5.41) is 9.37. The predicted octanol–water partition coefficient (Wildman–Crippen LogP) is 0.596. The van der Waals surface area contributed by atoms with E-state index in [1.165, 1.54) is 18.5 Å². The molecule has 3 N–H and O–H groups in total. The Bertz CT molecular complexity index is 463. The third kappa shape index (κ3) is 1.84. The van der Waals surface area contributed by atoms with Gasteiger partial charge < -0.3 is 15.7 Å². The quantitative estimate of drug-likeness (QED) is 0.761. The number of carbonyl (C=O) groups excluding carboxylic acids is 1. The maximum absolute atomic E-state index is 12.3. The molecule has 2 heterocycles. The van der Waals surface area contributed by atoms with E-state index in [9.17, 15) is 9.90 Å². The fraction of sp³-hybridized carbons (Fsp3) is 0.538. The lowest BCUT2D eigenvalue weighted by Crippen LogP contribution is -2.50. The van der Waals surface area contributed by atoms with Crippen molar-refractivity contribution in [3.05, 3.63) is 24.0 Å². The Balaban J connectivity index is 1.78. The first-order valence-corrected chi connectivity index (χ1v) is 6.34. The zero-order chi connectivity index (χ0) is 12.7. The fourth-order valence-electron chi connectivity index (χ4n) is 3.16. The molecule has 96 valence electrons. The lowest BCUT2D eigenvalue weighted by molar-refractivity contribution is 0.0636. The van der Waals surface area contributed by atoms with Crippen LogP contribution in [0.3, 0.4) is 0 Å². The molecule has 1 saturated carbocycles. The Kier molecular flexibility index (Phi) is 2.70. The second-order valence-corrected chi connectivity index (χ2v) is 5.32. The molecule has 3 atom stereocenters. The molecule has 2 aliphatic rings. The van der Waals surface area contributed by atoms with Crippen LogP contribution in [-0.2, 0) is 0 Å². The van der Waals surface area contributed by atoms with Crippen molar-refractivity contribution in [3.63, 3.8) is 0 Å². The molecule has 18 heavy (non-hydrogen) atoms. The van der Waals surface area contributed by atoms with Crippen LogP contribution >= 0.6 is 0 Å². The highest BCUT2D eigenvalue weighted by Crippen LogP contribution is 2.36. The number of piperidine rings is 1. The summed E-state index contributed by atoms with van der Waals surface area (Å²) >= 11 is 0. The zero-order valence-electron chi connectivity index (χ0n) is 10.1. The minimum absolute atomic E-state index is 0.0255. The van der Waals surface area contributed by atoms with Gasteiger partial charge in [-0.3, -0.25) is 9.78 Å². The molecular formula is C13H17N3O2. The highest BCUT2D eigenvalue weighted by molar-refractivity contribution is 5.94. The van der Waals surface area contributed by atoms with Gasteiger partial charge in [-0.05, 0) is 30.7 Å². The van der Waals surface area contributed by atoms with Crippen LogP contribution < -0.4 is 5.73 Å². The van der Waals surface area contributed by atoms with Crippen LogP contribution in [0.4, 0.5) is 0 Å². The molecule has 1 amide bonds. The van der Waals surface area contributed by atoms with E-state index in [2.05, 4.69) is 4.98 Å². The van der Waals surface area contributed by atoms with Crippen molar-refractivity contribution in [2.75, 3.05) is 13.1 Å². The summed E-state index contributed by atoms with van der Waals surface area (Å²) in [6, 6.07) is 1.71. The molecule has 0 radical (unpaired) electrons. The molecule has 3 rings (SSSR count). The third-order valence-electron chi connectivity index (χ3n) is 4.16. The molecular weight excluding hydrogens is 230 g/mol. The second kappa shape index (κ2) is 4.24. The number of aromatic hydroxyl groups is 1. The number of rotatable bonds is 1. The maximum atomic E-state index is 12.3. The monoisotopic (exact) mass is 247 g/mol. The van der Waals surface area contributed by atoms with Gasteiger partial charge in [0.25, 0.3) is 5.91 Å². The standard InChI is InChI=1S/C13H17N3O2/c14-12-8-1-2-9(12)7-16(6-8)13(18)10-3-11(17)5-15-4-10/h3-5,8-9,12,17H,1-2,6-7,14H2/t8-,9+,12?. The molecule has 1 unspecified atom stereocenters. The van der Waals surface area contributed by atoms with E-state index in [4.69, 9.17) is 5.73 Å². The van der Waals surface area contributed by atoms with Crippen molar-refractivity contribution in [1.82, 2.24) is 9.88 Å². The van der Waals surface area contributed by atoms with Crippen LogP contribution in [0.5, 0.6) is 5.75 Å². The van der Waals surface area contributed by atoms with Crippen molar-refractivity contribution in [1.29, 1.82) is 0 Å². The van der Waals surface area contributed by atoms with Crippen molar-refractivity contribution >= 4 is 5.91 Å². The number of likely N-dealkylation sites (tertiary alicyclic amines) is 1. The molecule has 2 bridgehead atoms. The van der Waals surface area contributed by atoms with E-state index in [-0.39, 0.29) is 17.7 Å². The first-order valence-electron chi connectivity index (χ1n) is 6.34. The molecule has 1 aromatic rings. The van der Waals surface area contributed by atoms with Gasteiger partial charge in [-0.1, -0.05) is 0 Å². The SMILES string of the molecule is NC1[C@@H]2CC[C@H]1CN(C(=O)c1cncc(O)c1)C2. The summed E-state index contributed by atoms with van der Waals surface area (Å²) in [5.74, 6) is 0.829. The summed E-state index contributed by atoms with van der Waals surface area (Å²) in [7, 11) is 0. The van der Waals surface area contributed by atoms with Crippen LogP contribution in [0.2, 0.25) is 0 Å². The largest absolute Gasteiger partial charge is 0.506 e. The number of nitrogens with two attached hydrogens (primary N) is 1. The summed E-state index contributed by atoms with van der Waals surface area (Å²) in [4.78, 5) is 18.0. The van der Waals surface area contributed by atoms with Gasteiger partial charge in [-0.25, -0.2) is 0 Å². The van der Waals surface area contributed by atoms with E-state index in [0.717, 1.165) is 25.9 Å². The summed E-state index contributed by atoms with van der Waals surface area (Å²) < 4.78 is 0. The summed E-state index contributed by atoms with van der Waals surface area (Å²) in [6.07, 6.45) is 5.06. The Labute approximate surface area is 106 Å². The minimum atomic E-state index is -0.0535. The van der Waals surface area contributed by atoms with Crippen LogP contribution in [-0.4, -0.2) is 40.0 Å². The van der Waals surface area contributed by atoms with Gasteiger partial charge >= 0.3 is 0 Å². The van der Waals surface area contributed by atoms with Crippen LogP contribution in [0.25, 0.3) is 0 Å². The van der Waals surface area contributed by atoms with Crippen LogP contribution in [0.15, 0.2) is 18.5 Å². The second-order valence-electron chi connectivity index (χ2n) is 5.32. The van der Waals surface area contributed by atoms with E-state index in [0.29, 0.717) is 17.4 Å². The highest BCUT2D eigenvalue weighted by Gasteiger charge is 2.41. The van der Waals surface area contributed by atoms with Gasteiger partial charge in [-0.2, -0.15) is 0 Å². The molecule has 1 aliphatic heterocycles. The smallest absolute Gasteiger partial charge is 0.255 e. The Hall–Kier alpha value is -1.62. The lowest BCUT2D eigenvalue weighted by Gasteiger charge is -2.36. The molecule has 1 saturated heterocycles. The van der Waals surface area contributed by atoms with Crippen molar-refractivity contribution < 1.29 is 9.90 Å². The van der Waals surface area contributed by atoms with Gasteiger partial charge in [0.1, 0.15) is 5.75 Å². The van der Waals surface area contributed by atoms with E-state index < -0.39 is 0 Å². The van der Waals surface area contributed by atoms with E-state index in [1.54, 1.807) is 0 Å². The molecule has 2 fully saturated rings. The number of carbonyl (C=O) groups is 1. The lowest BCUT2D eigenvalue weighted by atomic mass is 9.93. The van der Waals surface area contributed by atoms with Crippen molar-refractivity contribution in [2.24, 2.45) is 17.6 Å². The van der Waals surface area contributed by atoms with Gasteiger partial charge in [-0.15, -0.1) is 0 Å². The van der Waals surface area contributed by atoms with Gasteiger partial charge in [0.2, 0.25) is 0 Å². The number of hydrogen-bond donors (Lipinski definition) is 2. The molecule has 1 aromatic heterocycles. The number of nitrogens with zero attached hydrogens (tertiary/aromatic N) is 2. The Morgan fingerprint density at radius 3 is 2.61 bits per heavy atom. The molecule has 0 aromatic carbocycles. The van der Waals surface area contributed by atoms with Gasteiger partial charge in [0.05, 0.1) is 11.8 Å². The first-order chi connectivity index (χ1) is 8.65. The van der Waals surface area contributed by atoms with Crippen molar-refractivity contribution in [2.45, 2.75) is 18.9 Å². The molecule has 5 nitrogen and oxygen atoms in total. The number of hydrogen-bond acceptors (Lipinski definition) is 4. The third-order valence-corrected chi connectivity index (χ3v) is 4.16. The molecule has 5 heteroatoms. The first kappa shape index (κ1) is 11.5. The topological polar surface area (TPSA) is 79.5 Å². The predicted molar refractivity (Wildman–Crippen MR) is 66.0 cm³/mol. The number of aromatic nitrogens is 1. The van der Waals surface area contributed by atoms with Crippen LogP contribution in [0, 0.1) is 11.8 Å². The average Bonchev–Trinajstić information content (AvgIpc) is 2.61. The van der Waals surface area contributed by atoms with Gasteiger partial charge in [0.15, 0.2) is 0 Å². The fourth-order valence-corrected chi connectivity index (χ4v) is 3.16. The Morgan fingerprint density at radius 1 is 1.33 bits per heavy atom. The Morgan fingerprint density at radius 2 is 2.00 bits per heavy atom. The van der Waals surface area contributed by atoms with E-state index in [1.807, 2.05) is 4.90 Å². The molecule has 0 spiro atoms. The highest BCUT2D eigenvalue weighted by atomic mass is 16.3. The maximum Gasteiger partial charge on any atom is 0.255 e. The van der Waals surface area contributed by atoms with Crippen LogP contribution in [0.1, 0.15) is 23.2 Å². The summed E-state index contributed by atoms with van der Waals surface area (Å²) in [5.41, 5.74) is 6.57. The number of pyridine rings is 1. The number of amides is 1. The minimum Gasteiger partial charge on any atom is -0.506 e. The normalized spacial score (nSPS) is 30.5.